The lowest BCUT2D eigenvalue weighted by atomic mass is 9.99. The zero-order valence-electron chi connectivity index (χ0n) is 12.9. The molecule has 3 rings (SSSR count). The van der Waals surface area contributed by atoms with Crippen molar-refractivity contribution in [2.45, 2.75) is 50.3 Å². The van der Waals surface area contributed by atoms with Crippen LogP contribution < -0.4 is 0 Å². The van der Waals surface area contributed by atoms with Crippen LogP contribution in [0.5, 0.6) is 0 Å². The van der Waals surface area contributed by atoms with Gasteiger partial charge < -0.3 is 29.2 Å². The number of carbonyl (C=O) groups is 1. The van der Waals surface area contributed by atoms with E-state index >= 15 is 0 Å². The van der Waals surface area contributed by atoms with E-state index in [-0.39, 0.29) is 6.61 Å². The van der Waals surface area contributed by atoms with Crippen LogP contribution in [0.25, 0.3) is 0 Å². The Balaban J connectivity index is 1.61. The van der Waals surface area contributed by atoms with Crippen molar-refractivity contribution < 1.29 is 34.0 Å². The van der Waals surface area contributed by atoms with Gasteiger partial charge in [-0.25, -0.2) is 4.79 Å². The molecule has 126 valence electrons. The number of aliphatic hydroxyl groups is 2. The Kier molecular flexibility index (Phi) is 4.39. The maximum absolute atomic E-state index is 11.9. The zero-order valence-corrected chi connectivity index (χ0v) is 12.9. The van der Waals surface area contributed by atoms with Crippen LogP contribution in [0, 0.1) is 0 Å². The summed E-state index contributed by atoms with van der Waals surface area (Å²) >= 11 is 0. The lowest BCUT2D eigenvalue weighted by Gasteiger charge is -2.37. The van der Waals surface area contributed by atoms with Crippen LogP contribution in [0.3, 0.4) is 0 Å². The average Bonchev–Trinajstić information content (AvgIpc) is 2.84. The Labute approximate surface area is 133 Å². The minimum absolute atomic E-state index is 0.195. The molecule has 0 aliphatic carbocycles. The molecule has 0 spiro atoms. The van der Waals surface area contributed by atoms with Crippen LogP contribution in [-0.4, -0.2) is 59.3 Å². The minimum atomic E-state index is -1.24. The van der Waals surface area contributed by atoms with Gasteiger partial charge >= 0.3 is 5.97 Å². The van der Waals surface area contributed by atoms with E-state index in [1.807, 2.05) is 0 Å². The van der Waals surface area contributed by atoms with E-state index < -0.39 is 42.5 Å². The summed E-state index contributed by atoms with van der Waals surface area (Å²) in [6, 6.07) is 8.50. The van der Waals surface area contributed by atoms with Gasteiger partial charge in [-0.3, -0.25) is 0 Å². The number of carbonyl (C=O) groups excluding carboxylic acids is 1. The normalized spacial score (nSPS) is 35.6. The first kappa shape index (κ1) is 16.4. The zero-order chi connectivity index (χ0) is 16.6. The number of hydrogen-bond donors (Lipinski definition) is 2. The molecule has 7 heteroatoms. The van der Waals surface area contributed by atoms with Crippen molar-refractivity contribution >= 4 is 5.97 Å². The first-order valence-corrected chi connectivity index (χ1v) is 7.47. The lowest BCUT2D eigenvalue weighted by Crippen LogP contribution is -2.57. The lowest BCUT2D eigenvalue weighted by molar-refractivity contribution is -0.256. The number of rotatable bonds is 3. The number of ether oxygens (including phenoxy) is 4. The summed E-state index contributed by atoms with van der Waals surface area (Å²) in [6.07, 6.45) is -4.91. The standard InChI is InChI=1S/C16H20O7/c1-16(2)22-13-12(18)11(17)10(21-15(13)23-16)8-20-14(19)9-6-4-3-5-7-9/h3-7,10-13,15,17-18H,8H2,1-2H3/t10-,11-,12+,13-,15-/m1/s1. The molecular weight excluding hydrogens is 304 g/mol. The van der Waals surface area contributed by atoms with E-state index in [2.05, 4.69) is 0 Å². The molecule has 0 saturated carbocycles. The Morgan fingerprint density at radius 2 is 1.87 bits per heavy atom. The maximum atomic E-state index is 11.9. The van der Waals surface area contributed by atoms with Gasteiger partial charge in [-0.2, -0.15) is 0 Å². The molecule has 0 aromatic heterocycles. The molecule has 2 aliphatic heterocycles. The molecule has 0 bridgehead atoms. The Morgan fingerprint density at radius 1 is 1.17 bits per heavy atom. The fraction of sp³-hybridized carbons (Fsp3) is 0.562. The number of esters is 1. The predicted molar refractivity (Wildman–Crippen MR) is 77.4 cm³/mol. The molecule has 0 amide bonds. The topological polar surface area (TPSA) is 94.5 Å². The molecule has 5 atom stereocenters. The molecule has 2 saturated heterocycles. The third kappa shape index (κ3) is 3.39. The fourth-order valence-electron chi connectivity index (χ4n) is 2.71. The van der Waals surface area contributed by atoms with Gasteiger partial charge in [0.15, 0.2) is 12.1 Å². The molecule has 1 aromatic rings. The van der Waals surface area contributed by atoms with Crippen LogP contribution in [0.1, 0.15) is 24.2 Å². The van der Waals surface area contributed by atoms with Gasteiger partial charge in [0.1, 0.15) is 31.0 Å². The summed E-state index contributed by atoms with van der Waals surface area (Å²) in [5.74, 6) is -1.44. The molecule has 1 aromatic carbocycles. The van der Waals surface area contributed by atoms with Crippen molar-refractivity contribution in [1.82, 2.24) is 0 Å². The first-order valence-electron chi connectivity index (χ1n) is 7.47. The van der Waals surface area contributed by atoms with E-state index in [4.69, 9.17) is 18.9 Å². The van der Waals surface area contributed by atoms with Crippen molar-refractivity contribution in [3.05, 3.63) is 35.9 Å². The van der Waals surface area contributed by atoms with Gasteiger partial charge in [0, 0.05) is 0 Å². The van der Waals surface area contributed by atoms with E-state index in [0.717, 1.165) is 0 Å². The van der Waals surface area contributed by atoms with Crippen LogP contribution in [0.15, 0.2) is 30.3 Å². The molecule has 7 nitrogen and oxygen atoms in total. The monoisotopic (exact) mass is 324 g/mol. The SMILES string of the molecule is CC1(C)O[C@H]2O[C@H](COC(=O)c3ccccc3)[C@@H](O)[C@H](O)[C@H]2O1. The van der Waals surface area contributed by atoms with E-state index in [1.165, 1.54) is 0 Å². The van der Waals surface area contributed by atoms with E-state index in [1.54, 1.807) is 44.2 Å². The van der Waals surface area contributed by atoms with Gasteiger partial charge in [0.2, 0.25) is 0 Å². The Bertz CT molecular complexity index is 559. The van der Waals surface area contributed by atoms with Crippen molar-refractivity contribution in [3.63, 3.8) is 0 Å². The molecule has 2 aliphatic rings. The van der Waals surface area contributed by atoms with E-state index in [9.17, 15) is 15.0 Å². The highest BCUT2D eigenvalue weighted by atomic mass is 16.8. The van der Waals surface area contributed by atoms with Crippen molar-refractivity contribution in [3.8, 4) is 0 Å². The predicted octanol–water partition coefficient (Wildman–Crippen LogP) is 0.442. The van der Waals surface area contributed by atoms with Gasteiger partial charge in [-0.1, -0.05) is 18.2 Å². The van der Waals surface area contributed by atoms with Gasteiger partial charge in [0.05, 0.1) is 5.56 Å². The Hall–Kier alpha value is -1.51. The number of fused-ring (bicyclic) bond motifs is 1. The van der Waals surface area contributed by atoms with Crippen molar-refractivity contribution in [1.29, 1.82) is 0 Å². The number of hydrogen-bond acceptors (Lipinski definition) is 7. The largest absolute Gasteiger partial charge is 0.459 e. The quantitative estimate of drug-likeness (QED) is 0.779. The summed E-state index contributed by atoms with van der Waals surface area (Å²) in [7, 11) is 0. The average molecular weight is 324 g/mol. The molecular formula is C16H20O7. The Morgan fingerprint density at radius 3 is 2.57 bits per heavy atom. The summed E-state index contributed by atoms with van der Waals surface area (Å²) in [6.45, 7) is 3.19. The molecule has 2 heterocycles. The molecule has 2 fully saturated rings. The minimum Gasteiger partial charge on any atom is -0.459 e. The van der Waals surface area contributed by atoms with Gasteiger partial charge in [-0.15, -0.1) is 0 Å². The summed E-state index contributed by atoms with van der Waals surface area (Å²) in [4.78, 5) is 11.9. The van der Waals surface area contributed by atoms with Gasteiger partial charge in [-0.05, 0) is 26.0 Å². The first-order chi connectivity index (χ1) is 10.9. The summed E-state index contributed by atoms with van der Waals surface area (Å²) in [5, 5.41) is 20.3. The summed E-state index contributed by atoms with van der Waals surface area (Å²) in [5.41, 5.74) is 0.401. The highest BCUT2D eigenvalue weighted by Gasteiger charge is 2.53. The van der Waals surface area contributed by atoms with Crippen molar-refractivity contribution in [2.75, 3.05) is 6.61 Å². The van der Waals surface area contributed by atoms with Gasteiger partial charge in [0.25, 0.3) is 0 Å². The highest BCUT2D eigenvalue weighted by molar-refractivity contribution is 5.89. The van der Waals surface area contributed by atoms with Crippen LogP contribution in [0.4, 0.5) is 0 Å². The molecule has 2 N–H and O–H groups in total. The van der Waals surface area contributed by atoms with Crippen molar-refractivity contribution in [2.24, 2.45) is 0 Å². The number of aliphatic hydroxyl groups excluding tert-OH is 2. The summed E-state index contributed by atoms with van der Waals surface area (Å²) < 4.78 is 21.8. The van der Waals surface area contributed by atoms with Crippen LogP contribution >= 0.6 is 0 Å². The second-order valence-electron chi connectivity index (χ2n) is 6.09. The third-order valence-corrected chi connectivity index (χ3v) is 3.85. The van der Waals surface area contributed by atoms with Crippen LogP contribution in [0.2, 0.25) is 0 Å². The van der Waals surface area contributed by atoms with Crippen LogP contribution in [-0.2, 0) is 18.9 Å². The van der Waals surface area contributed by atoms with E-state index in [0.29, 0.717) is 5.56 Å². The second kappa shape index (κ2) is 6.18. The smallest absolute Gasteiger partial charge is 0.338 e. The molecule has 23 heavy (non-hydrogen) atoms. The number of benzene rings is 1. The molecule has 0 radical (unpaired) electrons. The highest BCUT2D eigenvalue weighted by Crippen LogP contribution is 2.36. The third-order valence-electron chi connectivity index (χ3n) is 3.85. The fourth-order valence-corrected chi connectivity index (χ4v) is 2.71. The second-order valence-corrected chi connectivity index (χ2v) is 6.09. The maximum Gasteiger partial charge on any atom is 0.338 e. The molecule has 0 unspecified atom stereocenters.